The van der Waals surface area contributed by atoms with Gasteiger partial charge in [0.15, 0.2) is 0 Å². The van der Waals surface area contributed by atoms with Crippen LogP contribution in [0.25, 0.3) is 0 Å². The zero-order valence-electron chi connectivity index (χ0n) is 13.9. The quantitative estimate of drug-likeness (QED) is 0.739. The molecule has 2 fully saturated rings. The van der Waals surface area contributed by atoms with Gasteiger partial charge in [-0.15, -0.1) is 0 Å². The van der Waals surface area contributed by atoms with Crippen LogP contribution in [0.5, 0.6) is 0 Å². The van der Waals surface area contributed by atoms with Gasteiger partial charge in [-0.25, -0.2) is 4.79 Å². The van der Waals surface area contributed by atoms with Crippen LogP contribution in [0.1, 0.15) is 66.4 Å². The summed E-state index contributed by atoms with van der Waals surface area (Å²) in [5.41, 5.74) is 3.31. The SMILES string of the molecule is COC(=O)c1ccc2c(c1)CCC1C2CC[C@]2(C)C(=O)CCC12. The summed E-state index contributed by atoms with van der Waals surface area (Å²) in [6.07, 6.45) is 6.15. The molecule has 2 saturated carbocycles. The van der Waals surface area contributed by atoms with Crippen LogP contribution in [-0.4, -0.2) is 18.9 Å². The number of carbonyl (C=O) groups excluding carboxylic acids is 2. The summed E-state index contributed by atoms with van der Waals surface area (Å²) in [7, 11) is 1.43. The molecule has 0 heterocycles. The molecule has 0 amide bonds. The maximum absolute atomic E-state index is 12.4. The molecule has 122 valence electrons. The number of ether oxygens (including phenoxy) is 1. The van der Waals surface area contributed by atoms with Gasteiger partial charge in [0.25, 0.3) is 0 Å². The first-order valence-corrected chi connectivity index (χ1v) is 8.79. The summed E-state index contributed by atoms with van der Waals surface area (Å²) < 4.78 is 4.84. The molecular weight excluding hydrogens is 288 g/mol. The minimum Gasteiger partial charge on any atom is -0.465 e. The van der Waals surface area contributed by atoms with Gasteiger partial charge in [0.1, 0.15) is 5.78 Å². The number of Topliss-reactive ketones (excluding diaryl/α,β-unsaturated/α-hetero) is 1. The number of fused-ring (bicyclic) bond motifs is 5. The van der Waals surface area contributed by atoms with E-state index in [9.17, 15) is 9.59 Å². The minimum atomic E-state index is -0.257. The largest absolute Gasteiger partial charge is 0.465 e. The van der Waals surface area contributed by atoms with Crippen LogP contribution in [0.15, 0.2) is 18.2 Å². The topological polar surface area (TPSA) is 43.4 Å². The van der Waals surface area contributed by atoms with Crippen molar-refractivity contribution < 1.29 is 14.3 Å². The number of esters is 1. The molecule has 0 spiro atoms. The van der Waals surface area contributed by atoms with Gasteiger partial charge in [-0.3, -0.25) is 4.79 Å². The van der Waals surface area contributed by atoms with E-state index in [1.54, 1.807) is 0 Å². The van der Waals surface area contributed by atoms with Crippen molar-refractivity contribution >= 4 is 11.8 Å². The van der Waals surface area contributed by atoms with Crippen molar-refractivity contribution in [2.75, 3.05) is 7.11 Å². The predicted molar refractivity (Wildman–Crippen MR) is 87.4 cm³/mol. The lowest BCUT2D eigenvalue weighted by atomic mass is 9.55. The Labute approximate surface area is 137 Å². The van der Waals surface area contributed by atoms with Gasteiger partial charge in [-0.2, -0.15) is 0 Å². The molecular formula is C20H24O3. The van der Waals surface area contributed by atoms with Crippen LogP contribution in [0, 0.1) is 17.3 Å². The normalized spacial score (nSPS) is 35.2. The Bertz CT molecular complexity index is 677. The molecule has 0 aliphatic heterocycles. The maximum Gasteiger partial charge on any atom is 0.337 e. The van der Waals surface area contributed by atoms with Crippen molar-refractivity contribution in [1.82, 2.24) is 0 Å². The van der Waals surface area contributed by atoms with Gasteiger partial charge in [0.05, 0.1) is 12.7 Å². The van der Waals surface area contributed by atoms with Crippen molar-refractivity contribution in [3.05, 3.63) is 34.9 Å². The highest BCUT2D eigenvalue weighted by Gasteiger charge is 2.54. The van der Waals surface area contributed by atoms with E-state index >= 15 is 0 Å². The molecule has 3 aliphatic carbocycles. The maximum atomic E-state index is 12.4. The first-order valence-electron chi connectivity index (χ1n) is 8.79. The molecule has 1 aromatic rings. The zero-order valence-corrected chi connectivity index (χ0v) is 13.9. The van der Waals surface area contributed by atoms with E-state index in [0.29, 0.717) is 29.1 Å². The van der Waals surface area contributed by atoms with Crippen molar-refractivity contribution in [3.8, 4) is 0 Å². The predicted octanol–water partition coefficient (Wildman–Crippen LogP) is 3.90. The highest BCUT2D eigenvalue weighted by atomic mass is 16.5. The third-order valence-corrected chi connectivity index (χ3v) is 6.86. The average molecular weight is 312 g/mol. The molecule has 4 rings (SSSR count). The average Bonchev–Trinajstić information content (AvgIpc) is 2.88. The smallest absolute Gasteiger partial charge is 0.337 e. The van der Waals surface area contributed by atoms with E-state index in [2.05, 4.69) is 13.0 Å². The Hall–Kier alpha value is -1.64. The Kier molecular flexibility index (Phi) is 3.36. The number of hydrogen-bond acceptors (Lipinski definition) is 3. The summed E-state index contributed by atoms with van der Waals surface area (Å²) in [5, 5.41) is 0. The van der Waals surface area contributed by atoms with Crippen LogP contribution in [0.4, 0.5) is 0 Å². The minimum absolute atomic E-state index is 0.0649. The van der Waals surface area contributed by atoms with Crippen LogP contribution in [-0.2, 0) is 16.0 Å². The highest BCUT2D eigenvalue weighted by molar-refractivity contribution is 5.89. The zero-order chi connectivity index (χ0) is 16.2. The Morgan fingerprint density at radius 2 is 2.04 bits per heavy atom. The Balaban J connectivity index is 1.67. The molecule has 1 aromatic carbocycles. The van der Waals surface area contributed by atoms with Gasteiger partial charge in [-0.05, 0) is 73.1 Å². The first-order chi connectivity index (χ1) is 11.0. The molecule has 0 saturated heterocycles. The number of ketones is 1. The van der Waals surface area contributed by atoms with Gasteiger partial charge in [-0.1, -0.05) is 13.0 Å². The third-order valence-electron chi connectivity index (χ3n) is 6.86. The fourth-order valence-corrected chi connectivity index (χ4v) is 5.60. The van der Waals surface area contributed by atoms with E-state index in [4.69, 9.17) is 4.74 Å². The van der Waals surface area contributed by atoms with Gasteiger partial charge in [0.2, 0.25) is 0 Å². The van der Waals surface area contributed by atoms with Crippen LogP contribution >= 0.6 is 0 Å². The van der Waals surface area contributed by atoms with E-state index in [1.807, 2.05) is 12.1 Å². The fourth-order valence-electron chi connectivity index (χ4n) is 5.60. The van der Waals surface area contributed by atoms with E-state index < -0.39 is 0 Å². The van der Waals surface area contributed by atoms with E-state index in [1.165, 1.54) is 18.2 Å². The lowest BCUT2D eigenvalue weighted by Gasteiger charge is -2.48. The lowest BCUT2D eigenvalue weighted by molar-refractivity contribution is -0.129. The number of carbonyl (C=O) groups is 2. The van der Waals surface area contributed by atoms with E-state index in [0.717, 1.165) is 38.5 Å². The molecule has 0 radical (unpaired) electrons. The first kappa shape index (κ1) is 14.9. The molecule has 23 heavy (non-hydrogen) atoms. The van der Waals surface area contributed by atoms with Gasteiger partial charge >= 0.3 is 5.97 Å². The molecule has 3 nitrogen and oxygen atoms in total. The number of aryl methyl sites for hydroxylation is 1. The highest BCUT2D eigenvalue weighted by Crippen LogP contribution is 2.59. The molecule has 4 atom stereocenters. The van der Waals surface area contributed by atoms with Crippen molar-refractivity contribution in [2.45, 2.75) is 51.4 Å². The molecule has 3 unspecified atom stereocenters. The summed E-state index contributed by atoms with van der Waals surface area (Å²) in [4.78, 5) is 24.1. The second-order valence-electron chi connectivity index (χ2n) is 7.74. The second-order valence-corrected chi connectivity index (χ2v) is 7.74. The van der Waals surface area contributed by atoms with Crippen LogP contribution < -0.4 is 0 Å². The molecule has 0 bridgehead atoms. The van der Waals surface area contributed by atoms with Crippen LogP contribution in [0.3, 0.4) is 0 Å². The number of hydrogen-bond donors (Lipinski definition) is 0. The van der Waals surface area contributed by atoms with Gasteiger partial charge in [0, 0.05) is 11.8 Å². The molecule has 3 aliphatic rings. The van der Waals surface area contributed by atoms with Crippen molar-refractivity contribution in [1.29, 1.82) is 0 Å². The monoisotopic (exact) mass is 312 g/mol. The molecule has 0 N–H and O–H groups in total. The number of methoxy groups -OCH3 is 1. The summed E-state index contributed by atoms with van der Waals surface area (Å²) in [5.74, 6) is 1.99. The van der Waals surface area contributed by atoms with Crippen molar-refractivity contribution in [3.63, 3.8) is 0 Å². The molecule has 3 heteroatoms. The Morgan fingerprint density at radius 3 is 2.83 bits per heavy atom. The standard InChI is InChI=1S/C20H24O3/c1-20-10-9-15-14-5-4-13(19(22)23-2)11-12(14)3-6-16(15)17(20)7-8-18(20)21/h4-5,11,15-17H,3,6-10H2,1-2H3/t15?,16?,17?,20-/m0/s1. The van der Waals surface area contributed by atoms with Crippen LogP contribution in [0.2, 0.25) is 0 Å². The second kappa shape index (κ2) is 5.19. The summed E-state index contributed by atoms with van der Waals surface area (Å²) in [6, 6.07) is 6.06. The fraction of sp³-hybridized carbons (Fsp3) is 0.600. The number of benzene rings is 1. The number of rotatable bonds is 1. The summed E-state index contributed by atoms with van der Waals surface area (Å²) in [6.45, 7) is 2.21. The Morgan fingerprint density at radius 1 is 1.22 bits per heavy atom. The third kappa shape index (κ3) is 2.09. The van der Waals surface area contributed by atoms with Gasteiger partial charge < -0.3 is 4.74 Å². The van der Waals surface area contributed by atoms with E-state index in [-0.39, 0.29) is 11.4 Å². The molecule has 0 aromatic heterocycles. The van der Waals surface area contributed by atoms with Crippen molar-refractivity contribution in [2.24, 2.45) is 17.3 Å². The summed E-state index contributed by atoms with van der Waals surface area (Å²) >= 11 is 0. The lowest BCUT2D eigenvalue weighted by Crippen LogP contribution is -2.42.